The minimum Gasteiger partial charge on any atom is -0.378 e. The molecule has 2 aromatic rings. The number of anilines is 1. The third-order valence-corrected chi connectivity index (χ3v) is 3.54. The van der Waals surface area contributed by atoms with E-state index in [4.69, 9.17) is 5.26 Å². The van der Waals surface area contributed by atoms with Crippen molar-refractivity contribution in [1.29, 1.82) is 5.26 Å². The van der Waals surface area contributed by atoms with Crippen LogP contribution in [0.25, 0.3) is 0 Å². The fraction of sp³-hybridized carbons (Fsp3) is 0.333. The maximum atomic E-state index is 11.2. The highest BCUT2D eigenvalue weighted by atomic mass is 16.6. The molecular formula is C15H18N6O2. The molecule has 1 aromatic heterocycles. The molecule has 8 heteroatoms. The number of aromatic nitrogens is 2. The van der Waals surface area contributed by atoms with Crippen LogP contribution < -0.4 is 5.32 Å². The topological polar surface area (TPSA) is 100 Å². The highest BCUT2D eigenvalue weighted by Crippen LogP contribution is 2.27. The molecule has 1 aromatic carbocycles. The van der Waals surface area contributed by atoms with E-state index in [-0.39, 0.29) is 17.3 Å². The van der Waals surface area contributed by atoms with Crippen LogP contribution in [0.15, 0.2) is 30.6 Å². The molecule has 0 aliphatic carbocycles. The van der Waals surface area contributed by atoms with Gasteiger partial charge in [-0.15, -0.1) is 0 Å². The third-order valence-electron chi connectivity index (χ3n) is 3.54. The lowest BCUT2D eigenvalue weighted by molar-refractivity contribution is -0.384. The van der Waals surface area contributed by atoms with E-state index in [1.165, 1.54) is 6.07 Å². The second-order valence-corrected chi connectivity index (χ2v) is 5.41. The van der Waals surface area contributed by atoms with Gasteiger partial charge in [0.2, 0.25) is 0 Å². The summed E-state index contributed by atoms with van der Waals surface area (Å²) in [6.45, 7) is 0.478. The second-order valence-electron chi connectivity index (χ2n) is 5.41. The molecule has 1 heterocycles. The first-order valence-corrected chi connectivity index (χ1v) is 6.99. The summed E-state index contributed by atoms with van der Waals surface area (Å²) < 4.78 is 1.72. The van der Waals surface area contributed by atoms with E-state index in [2.05, 4.69) is 10.4 Å². The van der Waals surface area contributed by atoms with Gasteiger partial charge < -0.3 is 10.2 Å². The van der Waals surface area contributed by atoms with Gasteiger partial charge in [0, 0.05) is 31.4 Å². The van der Waals surface area contributed by atoms with E-state index in [1.807, 2.05) is 38.3 Å². The summed E-state index contributed by atoms with van der Waals surface area (Å²) in [5, 5.41) is 27.3. The summed E-state index contributed by atoms with van der Waals surface area (Å²) in [6, 6.07) is 6.32. The van der Waals surface area contributed by atoms with Gasteiger partial charge >= 0.3 is 0 Å². The Labute approximate surface area is 134 Å². The fourth-order valence-corrected chi connectivity index (χ4v) is 2.32. The molecular weight excluding hydrogens is 296 g/mol. The molecule has 23 heavy (non-hydrogen) atoms. The predicted octanol–water partition coefficient (Wildman–Crippen LogP) is 1.91. The maximum Gasteiger partial charge on any atom is 0.293 e. The van der Waals surface area contributed by atoms with Crippen molar-refractivity contribution >= 4 is 11.4 Å². The summed E-state index contributed by atoms with van der Waals surface area (Å²) >= 11 is 0. The van der Waals surface area contributed by atoms with Gasteiger partial charge in [-0.1, -0.05) is 0 Å². The van der Waals surface area contributed by atoms with Gasteiger partial charge in [0.05, 0.1) is 28.8 Å². The number of benzene rings is 1. The van der Waals surface area contributed by atoms with E-state index >= 15 is 0 Å². The van der Waals surface area contributed by atoms with Crippen LogP contribution in [-0.2, 0) is 7.05 Å². The van der Waals surface area contributed by atoms with Gasteiger partial charge in [0.15, 0.2) is 0 Å². The van der Waals surface area contributed by atoms with E-state index in [9.17, 15) is 10.1 Å². The SMILES string of the molecule is CN(C)C(CNc1ccc(C#N)cc1[N+](=O)[O-])c1cnn(C)c1. The Hall–Kier alpha value is -2.92. The molecule has 0 aliphatic rings. The van der Waals surface area contributed by atoms with Crippen LogP contribution in [0.4, 0.5) is 11.4 Å². The molecule has 1 atom stereocenters. The van der Waals surface area contributed by atoms with Crippen molar-refractivity contribution < 1.29 is 4.92 Å². The van der Waals surface area contributed by atoms with Gasteiger partial charge in [-0.25, -0.2) is 0 Å². The average molecular weight is 314 g/mol. The Balaban J connectivity index is 2.21. The number of nitro groups is 1. The molecule has 0 bridgehead atoms. The Morgan fingerprint density at radius 1 is 1.52 bits per heavy atom. The predicted molar refractivity (Wildman–Crippen MR) is 85.9 cm³/mol. The maximum absolute atomic E-state index is 11.2. The zero-order chi connectivity index (χ0) is 17.0. The summed E-state index contributed by atoms with van der Waals surface area (Å²) in [4.78, 5) is 12.7. The molecule has 0 spiro atoms. The van der Waals surface area contributed by atoms with Crippen molar-refractivity contribution in [3.63, 3.8) is 0 Å². The molecule has 8 nitrogen and oxygen atoms in total. The highest BCUT2D eigenvalue weighted by molar-refractivity contribution is 5.64. The number of aryl methyl sites for hydroxylation is 1. The molecule has 2 rings (SSSR count). The number of nitro benzene ring substituents is 1. The van der Waals surface area contributed by atoms with Crippen LogP contribution >= 0.6 is 0 Å². The number of hydrogen-bond donors (Lipinski definition) is 1. The first-order valence-electron chi connectivity index (χ1n) is 6.99. The van der Waals surface area contributed by atoms with Gasteiger partial charge in [0.1, 0.15) is 5.69 Å². The normalized spacial score (nSPS) is 12.0. The van der Waals surface area contributed by atoms with Crippen molar-refractivity contribution in [3.8, 4) is 6.07 Å². The molecule has 0 radical (unpaired) electrons. The molecule has 0 amide bonds. The van der Waals surface area contributed by atoms with E-state index < -0.39 is 4.92 Å². The average Bonchev–Trinajstić information content (AvgIpc) is 2.93. The highest BCUT2D eigenvalue weighted by Gasteiger charge is 2.19. The van der Waals surface area contributed by atoms with Crippen LogP contribution in [0.3, 0.4) is 0 Å². The first-order chi connectivity index (χ1) is 10.9. The zero-order valence-corrected chi connectivity index (χ0v) is 13.2. The van der Waals surface area contributed by atoms with Crippen LogP contribution in [0, 0.1) is 21.4 Å². The Bertz CT molecular complexity index is 747. The molecule has 0 aliphatic heterocycles. The monoisotopic (exact) mass is 314 g/mol. The lowest BCUT2D eigenvalue weighted by atomic mass is 10.1. The molecule has 0 saturated carbocycles. The number of nitriles is 1. The largest absolute Gasteiger partial charge is 0.378 e. The van der Waals surface area contributed by atoms with Crippen LogP contribution in [0.1, 0.15) is 17.2 Å². The zero-order valence-electron chi connectivity index (χ0n) is 13.2. The van der Waals surface area contributed by atoms with E-state index in [0.717, 1.165) is 5.56 Å². The minimum atomic E-state index is -0.488. The smallest absolute Gasteiger partial charge is 0.293 e. The molecule has 0 saturated heterocycles. The van der Waals surface area contributed by atoms with Gasteiger partial charge in [0.25, 0.3) is 5.69 Å². The lowest BCUT2D eigenvalue weighted by Crippen LogP contribution is -2.26. The molecule has 1 unspecified atom stereocenters. The Morgan fingerprint density at radius 2 is 2.26 bits per heavy atom. The van der Waals surface area contributed by atoms with Gasteiger partial charge in [-0.2, -0.15) is 10.4 Å². The number of nitrogens with one attached hydrogen (secondary N) is 1. The van der Waals surface area contributed by atoms with Gasteiger partial charge in [-0.05, 0) is 26.2 Å². The number of rotatable bonds is 6. The van der Waals surface area contributed by atoms with Crippen LogP contribution in [0.2, 0.25) is 0 Å². The Morgan fingerprint density at radius 3 is 2.78 bits per heavy atom. The summed E-state index contributed by atoms with van der Waals surface area (Å²) in [5.41, 5.74) is 1.57. The van der Waals surface area contributed by atoms with E-state index in [0.29, 0.717) is 12.2 Å². The first kappa shape index (κ1) is 16.5. The van der Waals surface area contributed by atoms with Crippen molar-refractivity contribution in [2.45, 2.75) is 6.04 Å². The molecule has 1 N–H and O–H groups in total. The summed E-state index contributed by atoms with van der Waals surface area (Å²) in [5.74, 6) is 0. The summed E-state index contributed by atoms with van der Waals surface area (Å²) in [7, 11) is 5.72. The van der Waals surface area contributed by atoms with Crippen LogP contribution in [-0.4, -0.2) is 40.2 Å². The number of hydrogen-bond acceptors (Lipinski definition) is 6. The van der Waals surface area contributed by atoms with Gasteiger partial charge in [-0.3, -0.25) is 14.8 Å². The lowest BCUT2D eigenvalue weighted by Gasteiger charge is -2.24. The quantitative estimate of drug-likeness (QED) is 0.646. The standard InChI is InChI=1S/C15H18N6O2/c1-19(2)15(12-8-18-20(3)10-12)9-17-13-5-4-11(7-16)6-14(13)21(22)23/h4-6,8,10,15,17H,9H2,1-3H3. The summed E-state index contributed by atoms with van der Waals surface area (Å²) in [6.07, 6.45) is 3.69. The molecule has 0 fully saturated rings. The second kappa shape index (κ2) is 6.89. The molecule has 120 valence electrons. The van der Waals surface area contributed by atoms with Crippen LogP contribution in [0.5, 0.6) is 0 Å². The number of nitrogens with zero attached hydrogens (tertiary/aromatic N) is 5. The van der Waals surface area contributed by atoms with Crippen molar-refractivity contribution in [3.05, 3.63) is 51.8 Å². The third kappa shape index (κ3) is 3.84. The fourth-order valence-electron chi connectivity index (χ4n) is 2.32. The van der Waals surface area contributed by atoms with Crippen molar-refractivity contribution in [2.75, 3.05) is 26.0 Å². The Kier molecular flexibility index (Phi) is 4.93. The van der Waals surface area contributed by atoms with E-state index in [1.54, 1.807) is 23.0 Å². The van der Waals surface area contributed by atoms with Crippen molar-refractivity contribution in [2.24, 2.45) is 7.05 Å². The van der Waals surface area contributed by atoms with Crippen molar-refractivity contribution in [1.82, 2.24) is 14.7 Å². The minimum absolute atomic E-state index is 0.0129. The number of likely N-dealkylation sites (N-methyl/N-ethyl adjacent to an activating group) is 1.